The predicted octanol–water partition coefficient (Wildman–Crippen LogP) is 2.04. The van der Waals surface area contributed by atoms with Gasteiger partial charge in [0.2, 0.25) is 15.9 Å². The summed E-state index contributed by atoms with van der Waals surface area (Å²) in [6, 6.07) is 6.56. The molecule has 2 aliphatic heterocycles. The molecule has 0 unspecified atom stereocenters. The Morgan fingerprint density at radius 2 is 1.90 bits per heavy atom. The summed E-state index contributed by atoms with van der Waals surface area (Å²) in [5.41, 5.74) is 0.933. The first-order chi connectivity index (χ1) is 19.0. The fourth-order valence-electron chi connectivity index (χ4n) is 4.91. The number of carbonyl (C=O) groups excluding carboxylic acids is 3. The van der Waals surface area contributed by atoms with Crippen LogP contribution in [0.3, 0.4) is 0 Å². The monoisotopic (exact) mass is 612 g/mol. The largest absolute Gasteiger partial charge is 0.372 e. The molecular formula is C26H33ClN4O7S2. The number of amides is 3. The van der Waals surface area contributed by atoms with Crippen LogP contribution < -0.4 is 14.9 Å². The number of nitrogens with zero attached hydrogens (tertiary/aromatic N) is 2. The van der Waals surface area contributed by atoms with Gasteiger partial charge in [0.05, 0.1) is 32.9 Å². The molecule has 1 aromatic carbocycles. The minimum absolute atomic E-state index is 0.0373. The molecule has 0 saturated carbocycles. The molecule has 2 fully saturated rings. The van der Waals surface area contributed by atoms with Gasteiger partial charge in [0, 0.05) is 31.9 Å². The first-order valence-corrected chi connectivity index (χ1v) is 15.7. The highest BCUT2D eigenvalue weighted by molar-refractivity contribution is 7.89. The van der Waals surface area contributed by atoms with Gasteiger partial charge in [0.15, 0.2) is 0 Å². The number of carbonyl (C=O) groups is 3. The second-order valence-corrected chi connectivity index (χ2v) is 13.1. The summed E-state index contributed by atoms with van der Waals surface area (Å²) in [5, 5.41) is 2.67. The van der Waals surface area contributed by atoms with Crippen LogP contribution in [0, 0.1) is 0 Å². The highest BCUT2D eigenvalue weighted by atomic mass is 35.5. The van der Waals surface area contributed by atoms with Crippen molar-refractivity contribution >= 4 is 56.4 Å². The molecule has 1 aromatic heterocycles. The Morgan fingerprint density at radius 1 is 1.18 bits per heavy atom. The van der Waals surface area contributed by atoms with Gasteiger partial charge in [0.1, 0.15) is 12.6 Å². The first kappa shape index (κ1) is 30.4. The lowest BCUT2D eigenvalue weighted by molar-refractivity contribution is -0.144. The van der Waals surface area contributed by atoms with E-state index in [0.717, 1.165) is 11.3 Å². The highest BCUT2D eigenvalue weighted by Crippen LogP contribution is 2.29. The van der Waals surface area contributed by atoms with Gasteiger partial charge in [-0.05, 0) is 50.1 Å². The van der Waals surface area contributed by atoms with Crippen LogP contribution in [0.1, 0.15) is 36.0 Å². The quantitative estimate of drug-likeness (QED) is 0.443. The Hall–Kier alpha value is -2.55. The van der Waals surface area contributed by atoms with Crippen molar-refractivity contribution in [2.24, 2.45) is 0 Å². The lowest BCUT2D eigenvalue weighted by atomic mass is 10.1. The molecule has 40 heavy (non-hydrogen) atoms. The van der Waals surface area contributed by atoms with Gasteiger partial charge < -0.3 is 24.6 Å². The molecule has 11 nitrogen and oxygen atoms in total. The minimum atomic E-state index is -4.27. The van der Waals surface area contributed by atoms with Gasteiger partial charge in [0.25, 0.3) is 11.8 Å². The van der Waals surface area contributed by atoms with Gasteiger partial charge in [-0.25, -0.2) is 8.42 Å². The number of morpholine rings is 2. The molecule has 14 heteroatoms. The van der Waals surface area contributed by atoms with Crippen molar-refractivity contribution in [1.29, 1.82) is 0 Å². The molecule has 2 aliphatic rings. The Labute approximate surface area is 242 Å². The van der Waals surface area contributed by atoms with Crippen LogP contribution in [0.25, 0.3) is 0 Å². The fraction of sp³-hybridized carbons (Fsp3) is 0.500. The molecule has 2 aromatic rings. The van der Waals surface area contributed by atoms with Crippen LogP contribution in [-0.2, 0) is 35.5 Å². The standard InChI is InChI=1S/C26H33ClN4O7S2/c1-4-18-20(31-10-11-37-15-24(31)32)6-5-7-22(18)40(35,36)29-19(12-28-25(33)21-8-9-23(27)39-21)26(34)30-13-16(2)38-17(3)14-30/h5-9,16-17,19,29H,4,10-15H2,1-3H3,(H,28,33)/t16-,17+,19-/m0/s1. The second kappa shape index (κ2) is 13.0. The Morgan fingerprint density at radius 3 is 2.52 bits per heavy atom. The van der Waals surface area contributed by atoms with Gasteiger partial charge in [-0.15, -0.1) is 11.3 Å². The third-order valence-corrected chi connectivity index (χ3v) is 9.40. The normalized spacial score (nSPS) is 20.9. The Bertz CT molecular complexity index is 1360. The smallest absolute Gasteiger partial charge is 0.261 e. The number of halogens is 1. The summed E-state index contributed by atoms with van der Waals surface area (Å²) in [5.74, 6) is -1.21. The van der Waals surface area contributed by atoms with Crippen molar-refractivity contribution in [3.8, 4) is 0 Å². The molecule has 3 heterocycles. The van der Waals surface area contributed by atoms with E-state index < -0.39 is 27.9 Å². The summed E-state index contributed by atoms with van der Waals surface area (Å²) < 4.78 is 41.5. The zero-order chi connectivity index (χ0) is 29.0. The number of thiophene rings is 1. The highest BCUT2D eigenvalue weighted by Gasteiger charge is 2.35. The maximum atomic E-state index is 13.8. The molecule has 0 bridgehead atoms. The van der Waals surface area contributed by atoms with E-state index in [1.807, 2.05) is 13.8 Å². The average Bonchev–Trinajstić information content (AvgIpc) is 3.36. The van der Waals surface area contributed by atoms with Crippen LogP contribution in [0.4, 0.5) is 5.69 Å². The molecule has 3 atom stereocenters. The van der Waals surface area contributed by atoms with Crippen LogP contribution in [-0.4, -0.2) is 88.7 Å². The summed E-state index contributed by atoms with van der Waals surface area (Å²) in [6.45, 7) is 6.31. The number of benzene rings is 1. The number of anilines is 1. The zero-order valence-corrected chi connectivity index (χ0v) is 24.9. The van der Waals surface area contributed by atoms with E-state index in [9.17, 15) is 22.8 Å². The van der Waals surface area contributed by atoms with Gasteiger partial charge >= 0.3 is 0 Å². The number of hydrogen-bond acceptors (Lipinski definition) is 8. The lowest BCUT2D eigenvalue weighted by Gasteiger charge is -2.37. The van der Waals surface area contributed by atoms with Gasteiger partial charge in [-0.1, -0.05) is 24.6 Å². The van der Waals surface area contributed by atoms with E-state index in [0.29, 0.717) is 40.0 Å². The number of nitrogens with one attached hydrogen (secondary N) is 2. The molecular weight excluding hydrogens is 580 g/mol. The van der Waals surface area contributed by atoms with Crippen molar-refractivity contribution in [3.05, 3.63) is 45.1 Å². The number of rotatable bonds is 9. The third kappa shape index (κ3) is 7.01. The van der Waals surface area contributed by atoms with E-state index in [2.05, 4.69) is 10.0 Å². The summed E-state index contributed by atoms with van der Waals surface area (Å²) >= 11 is 7.03. The van der Waals surface area contributed by atoms with E-state index in [4.69, 9.17) is 21.1 Å². The maximum Gasteiger partial charge on any atom is 0.261 e. The topological polar surface area (TPSA) is 134 Å². The maximum absolute atomic E-state index is 13.8. The summed E-state index contributed by atoms with van der Waals surface area (Å²) in [7, 11) is -4.27. The van der Waals surface area contributed by atoms with Crippen LogP contribution in [0.5, 0.6) is 0 Å². The van der Waals surface area contributed by atoms with Gasteiger partial charge in [-0.2, -0.15) is 4.72 Å². The van der Waals surface area contributed by atoms with Crippen molar-refractivity contribution in [2.45, 2.75) is 50.3 Å². The van der Waals surface area contributed by atoms with Crippen LogP contribution >= 0.6 is 22.9 Å². The number of sulfonamides is 1. The van der Waals surface area contributed by atoms with Crippen LogP contribution in [0.2, 0.25) is 4.34 Å². The zero-order valence-electron chi connectivity index (χ0n) is 22.5. The van der Waals surface area contributed by atoms with E-state index in [1.165, 1.54) is 11.0 Å². The molecule has 0 spiro atoms. The molecule has 0 aliphatic carbocycles. The molecule has 0 radical (unpaired) electrons. The third-order valence-electron chi connectivity index (χ3n) is 6.62. The van der Waals surface area contributed by atoms with Crippen LogP contribution in [0.15, 0.2) is 35.2 Å². The lowest BCUT2D eigenvalue weighted by Crippen LogP contribution is -2.58. The number of hydrogen-bond donors (Lipinski definition) is 2. The molecule has 3 amide bonds. The minimum Gasteiger partial charge on any atom is -0.372 e. The van der Waals surface area contributed by atoms with E-state index >= 15 is 0 Å². The van der Waals surface area contributed by atoms with Crippen molar-refractivity contribution in [2.75, 3.05) is 44.3 Å². The fourth-order valence-corrected chi connectivity index (χ4v) is 7.39. The Kier molecular flexibility index (Phi) is 9.85. The van der Waals surface area contributed by atoms with E-state index in [1.54, 1.807) is 36.1 Å². The van der Waals surface area contributed by atoms with Crippen molar-refractivity contribution in [3.63, 3.8) is 0 Å². The molecule has 2 N–H and O–H groups in total. The SMILES string of the molecule is CCc1c(N2CCOCC2=O)cccc1S(=O)(=O)N[C@@H](CNC(=O)c1ccc(Cl)s1)C(=O)N1C[C@@H](C)O[C@@H](C)C1. The molecule has 4 rings (SSSR count). The first-order valence-electron chi connectivity index (χ1n) is 13.0. The predicted molar refractivity (Wildman–Crippen MR) is 151 cm³/mol. The van der Waals surface area contributed by atoms with E-state index in [-0.39, 0.29) is 49.3 Å². The number of ether oxygens (including phenoxy) is 2. The van der Waals surface area contributed by atoms with Crippen molar-refractivity contribution < 1.29 is 32.3 Å². The van der Waals surface area contributed by atoms with Crippen molar-refractivity contribution in [1.82, 2.24) is 14.9 Å². The molecule has 2 saturated heterocycles. The average molecular weight is 613 g/mol. The summed E-state index contributed by atoms with van der Waals surface area (Å²) in [6.07, 6.45) is -0.145. The molecule has 218 valence electrons. The summed E-state index contributed by atoms with van der Waals surface area (Å²) in [4.78, 5) is 42.3. The van der Waals surface area contributed by atoms with Gasteiger partial charge in [-0.3, -0.25) is 14.4 Å². The second-order valence-electron chi connectivity index (χ2n) is 9.69. The Balaban J connectivity index is 1.63.